The van der Waals surface area contributed by atoms with Gasteiger partial charge in [0.2, 0.25) is 0 Å². The largest absolute Gasteiger partial charge is 0.478 e. The third kappa shape index (κ3) is 7.02. The van der Waals surface area contributed by atoms with E-state index in [9.17, 15) is 19.8 Å². The second-order valence-corrected chi connectivity index (χ2v) is 16.4. The number of nitrogens with zero attached hydrogens (tertiary/aromatic N) is 1. The van der Waals surface area contributed by atoms with Crippen molar-refractivity contribution in [3.05, 3.63) is 22.8 Å². The van der Waals surface area contributed by atoms with Gasteiger partial charge in [-0.25, -0.2) is 4.79 Å². The minimum Gasteiger partial charge on any atom is -0.478 e. The fourth-order valence-corrected chi connectivity index (χ4v) is 11.2. The number of allylic oxidation sites excluding steroid dienone is 2. The number of hydrogen-bond donors (Lipinski definition) is 4. The molecule has 0 aromatic carbocycles. The third-order valence-corrected chi connectivity index (χ3v) is 13.5. The zero-order valence-corrected chi connectivity index (χ0v) is 30.2. The molecule has 4 saturated carbocycles. The van der Waals surface area contributed by atoms with Gasteiger partial charge in [-0.3, -0.25) is 4.79 Å². The number of carboxylic acid groups (broad SMARTS) is 1. The number of hydrogen-bond acceptors (Lipinski definition) is 7. The van der Waals surface area contributed by atoms with Crippen LogP contribution >= 0.6 is 0 Å². The Labute approximate surface area is 279 Å². The Bertz CT molecular complexity index is 1160. The number of aliphatic hydroxyl groups excluding tert-OH is 1. The molecule has 8 nitrogen and oxygen atoms in total. The summed E-state index contributed by atoms with van der Waals surface area (Å²) in [7, 11) is 2.18. The van der Waals surface area contributed by atoms with E-state index in [4.69, 9.17) is 10.5 Å². The summed E-state index contributed by atoms with van der Waals surface area (Å²) in [5.41, 5.74) is 7.45. The summed E-state index contributed by atoms with van der Waals surface area (Å²) in [6, 6.07) is 0.481. The van der Waals surface area contributed by atoms with Crippen LogP contribution in [-0.4, -0.2) is 78.5 Å². The van der Waals surface area contributed by atoms with Gasteiger partial charge in [-0.15, -0.1) is 0 Å². The number of nitrogens with one attached hydrogen (secondary N) is 1. The van der Waals surface area contributed by atoms with E-state index < -0.39 is 18.2 Å². The van der Waals surface area contributed by atoms with Crippen molar-refractivity contribution >= 4 is 11.9 Å². The lowest BCUT2D eigenvalue weighted by molar-refractivity contribution is -0.227. The monoisotopic (exact) mass is 643 g/mol. The van der Waals surface area contributed by atoms with Crippen LogP contribution in [-0.2, 0) is 14.3 Å². The van der Waals surface area contributed by atoms with Crippen molar-refractivity contribution < 1.29 is 24.5 Å². The fraction of sp³-hybridized carbons (Fsp3) is 0.842. The first-order chi connectivity index (χ1) is 21.6. The Hall–Kier alpha value is -1.74. The molecule has 0 aromatic rings. The van der Waals surface area contributed by atoms with Crippen LogP contribution in [0.1, 0.15) is 113 Å². The van der Waals surface area contributed by atoms with Gasteiger partial charge in [0.15, 0.2) is 0 Å². The van der Waals surface area contributed by atoms with E-state index in [0.29, 0.717) is 49.1 Å². The van der Waals surface area contributed by atoms with Crippen molar-refractivity contribution in [2.75, 3.05) is 33.2 Å². The summed E-state index contributed by atoms with van der Waals surface area (Å²) in [6.07, 6.45) is 9.57. The minimum absolute atomic E-state index is 0.0110. The van der Waals surface area contributed by atoms with Gasteiger partial charge in [-0.1, -0.05) is 39.3 Å². The van der Waals surface area contributed by atoms with E-state index in [1.54, 1.807) is 0 Å². The van der Waals surface area contributed by atoms with Crippen LogP contribution in [0.25, 0.3) is 0 Å². The van der Waals surface area contributed by atoms with Crippen LogP contribution in [0.4, 0.5) is 0 Å². The summed E-state index contributed by atoms with van der Waals surface area (Å²) in [5.74, 6) is -0.313. The lowest BCUT2D eigenvalue weighted by Gasteiger charge is -2.69. The number of ether oxygens (including phenoxy) is 1. The molecule has 0 bridgehead atoms. The average molecular weight is 644 g/mol. The van der Waals surface area contributed by atoms with Crippen molar-refractivity contribution in [2.24, 2.45) is 45.7 Å². The fourth-order valence-electron chi connectivity index (χ4n) is 11.2. The van der Waals surface area contributed by atoms with Crippen LogP contribution < -0.4 is 11.1 Å². The van der Waals surface area contributed by atoms with Gasteiger partial charge in [0.05, 0.1) is 6.10 Å². The molecule has 0 radical (unpaired) electrons. The van der Waals surface area contributed by atoms with Gasteiger partial charge in [0.25, 0.3) is 0 Å². The molecular weight excluding hydrogens is 578 g/mol. The van der Waals surface area contributed by atoms with Crippen LogP contribution in [0.3, 0.4) is 0 Å². The molecular formula is C38H65N3O5. The highest BCUT2D eigenvalue weighted by atomic mass is 16.5. The molecule has 4 aliphatic rings. The van der Waals surface area contributed by atoms with Crippen LogP contribution in [0.15, 0.2) is 22.8 Å². The van der Waals surface area contributed by atoms with Crippen molar-refractivity contribution in [3.8, 4) is 0 Å². The highest BCUT2D eigenvalue weighted by Crippen LogP contribution is 2.74. The molecule has 0 aliphatic heterocycles. The Balaban J connectivity index is 1.59. The number of fused-ring (bicyclic) bond motifs is 5. The highest BCUT2D eigenvalue weighted by molar-refractivity contribution is 5.88. The number of aliphatic carboxylic acids is 1. The zero-order valence-electron chi connectivity index (χ0n) is 30.2. The second-order valence-electron chi connectivity index (χ2n) is 16.4. The van der Waals surface area contributed by atoms with Crippen molar-refractivity contribution in [1.82, 2.24) is 10.2 Å². The first-order valence-corrected chi connectivity index (χ1v) is 18.2. The number of rotatable bonds is 13. The maximum Gasteiger partial charge on any atom is 0.331 e. The molecule has 10 atom stereocenters. The summed E-state index contributed by atoms with van der Waals surface area (Å²) in [4.78, 5) is 27.6. The summed E-state index contributed by atoms with van der Waals surface area (Å²) < 4.78 is 5.97. The van der Waals surface area contributed by atoms with E-state index in [2.05, 4.69) is 51.0 Å². The molecule has 4 unspecified atom stereocenters. The van der Waals surface area contributed by atoms with E-state index >= 15 is 0 Å². The van der Waals surface area contributed by atoms with Gasteiger partial charge in [-0.2, -0.15) is 0 Å². The summed E-state index contributed by atoms with van der Waals surface area (Å²) >= 11 is 0. The SMILES string of the molecule is CC(=O)O[C@H]1C[C@@]2(C)C(C[C@@H](O)C3[C@@]4(C)CCC(NCCCN(C)CCCN)[C@@H](C)C4CC[C@@]32C)C1=C(CCC=C(C)C)C(=O)O. The number of carbonyl (C=O) groups is 2. The van der Waals surface area contributed by atoms with Crippen molar-refractivity contribution in [2.45, 2.75) is 131 Å². The van der Waals surface area contributed by atoms with Gasteiger partial charge in [-0.05, 0) is 157 Å². The Morgan fingerprint density at radius 2 is 1.78 bits per heavy atom. The normalized spacial score (nSPS) is 39.7. The number of nitrogens with two attached hydrogens (primary N) is 1. The number of carbonyl (C=O) groups excluding carboxylic acids is 1. The van der Waals surface area contributed by atoms with Gasteiger partial charge in [0.1, 0.15) is 6.10 Å². The predicted molar refractivity (Wildman–Crippen MR) is 184 cm³/mol. The van der Waals surface area contributed by atoms with Crippen molar-refractivity contribution in [3.63, 3.8) is 0 Å². The molecule has 0 spiro atoms. The van der Waals surface area contributed by atoms with E-state index in [0.717, 1.165) is 75.9 Å². The Morgan fingerprint density at radius 1 is 1.09 bits per heavy atom. The van der Waals surface area contributed by atoms with Crippen LogP contribution in [0.2, 0.25) is 0 Å². The first-order valence-electron chi connectivity index (χ1n) is 18.2. The van der Waals surface area contributed by atoms with Crippen LogP contribution in [0.5, 0.6) is 0 Å². The Morgan fingerprint density at radius 3 is 2.41 bits per heavy atom. The summed E-state index contributed by atoms with van der Waals surface area (Å²) in [6.45, 7) is 18.9. The molecule has 4 fully saturated rings. The molecule has 0 aromatic heterocycles. The molecule has 4 rings (SSSR count). The van der Waals surface area contributed by atoms with Crippen LogP contribution in [0, 0.1) is 39.9 Å². The first kappa shape index (κ1) is 37.1. The zero-order chi connectivity index (χ0) is 34.0. The van der Waals surface area contributed by atoms with Crippen molar-refractivity contribution in [1.29, 1.82) is 0 Å². The molecule has 5 N–H and O–H groups in total. The molecule has 0 amide bonds. The quantitative estimate of drug-likeness (QED) is 0.0842. The highest BCUT2D eigenvalue weighted by Gasteiger charge is 2.70. The molecule has 0 heterocycles. The second kappa shape index (κ2) is 14.8. The maximum atomic E-state index is 12.8. The molecule has 4 aliphatic carbocycles. The standard InChI is InChI=1S/C38H65N3O5/c1-24(2)12-9-13-27(35(44)45)33-29-22-31(43)34-36(5)16-15-30(40-19-11-21-41(8)20-10-18-39)25(3)28(36)14-17-37(34,6)38(29,7)23-32(33)46-26(4)42/h12,25,28-32,34,40,43H,9-11,13-23,39H2,1-8H3,(H,44,45)/t25-,28?,29?,30?,31+,32-,34?,36-,37-,38-/m0/s1. The minimum atomic E-state index is -0.933. The van der Waals surface area contributed by atoms with Gasteiger partial charge in [0, 0.05) is 18.5 Å². The number of carboxylic acids is 1. The topological polar surface area (TPSA) is 125 Å². The number of esters is 1. The van der Waals surface area contributed by atoms with Gasteiger partial charge < -0.3 is 30.9 Å². The summed E-state index contributed by atoms with van der Waals surface area (Å²) in [5, 5.41) is 26.6. The lowest BCUT2D eigenvalue weighted by atomic mass is 9.36. The lowest BCUT2D eigenvalue weighted by Crippen LogP contribution is -2.66. The smallest absolute Gasteiger partial charge is 0.331 e. The van der Waals surface area contributed by atoms with E-state index in [1.807, 2.05) is 13.8 Å². The molecule has 0 saturated heterocycles. The van der Waals surface area contributed by atoms with E-state index in [1.165, 1.54) is 6.92 Å². The molecule has 46 heavy (non-hydrogen) atoms. The van der Waals surface area contributed by atoms with E-state index in [-0.39, 0.29) is 34.1 Å². The Kier molecular flexibility index (Phi) is 11.9. The predicted octanol–water partition coefficient (Wildman–Crippen LogP) is 5.93. The maximum absolute atomic E-state index is 12.8. The number of aliphatic hydroxyl groups is 1. The molecule has 262 valence electrons. The molecule has 8 heteroatoms. The average Bonchev–Trinajstić information content (AvgIpc) is 3.23. The van der Waals surface area contributed by atoms with Gasteiger partial charge >= 0.3 is 11.9 Å². The third-order valence-electron chi connectivity index (χ3n) is 13.5.